The zero-order valence-corrected chi connectivity index (χ0v) is 9.42. The first-order chi connectivity index (χ1) is 6.69. The maximum Gasteiger partial charge on any atom is 0.236 e. The van der Waals surface area contributed by atoms with E-state index in [1.165, 1.54) is 0 Å². The van der Waals surface area contributed by atoms with E-state index in [4.69, 9.17) is 0 Å². The highest BCUT2D eigenvalue weighted by atomic mass is 16.2. The normalized spacial score (nSPS) is 24.4. The lowest BCUT2D eigenvalue weighted by Gasteiger charge is -2.38. The molecule has 0 bridgehead atoms. The van der Waals surface area contributed by atoms with E-state index in [0.717, 1.165) is 26.1 Å². The molecule has 0 radical (unpaired) electrons. The minimum atomic E-state index is 0.249. The maximum absolute atomic E-state index is 11.6. The van der Waals surface area contributed by atoms with E-state index in [2.05, 4.69) is 17.1 Å². The summed E-state index contributed by atoms with van der Waals surface area (Å²) in [6.07, 6.45) is 1.04. The van der Waals surface area contributed by atoms with Crippen LogP contribution < -0.4 is 5.32 Å². The van der Waals surface area contributed by atoms with Crippen LogP contribution in [0.15, 0.2) is 0 Å². The summed E-state index contributed by atoms with van der Waals surface area (Å²) < 4.78 is 0. The number of nitrogens with one attached hydrogen (secondary N) is 1. The Balaban J connectivity index is 2.49. The number of likely N-dealkylation sites (N-methyl/N-ethyl adjacent to an activating group) is 2. The van der Waals surface area contributed by atoms with Crippen molar-refractivity contribution in [2.75, 3.05) is 40.3 Å². The van der Waals surface area contributed by atoms with Crippen molar-refractivity contribution in [3.63, 3.8) is 0 Å². The molecule has 1 rings (SSSR count). The molecule has 4 heteroatoms. The average Bonchev–Trinajstić information content (AvgIpc) is 2.20. The summed E-state index contributed by atoms with van der Waals surface area (Å²) in [4.78, 5) is 15.7. The highest BCUT2D eigenvalue weighted by molar-refractivity contribution is 5.79. The number of piperazine rings is 1. The van der Waals surface area contributed by atoms with Gasteiger partial charge in [-0.3, -0.25) is 9.69 Å². The smallest absolute Gasteiger partial charge is 0.236 e. The van der Waals surface area contributed by atoms with Crippen molar-refractivity contribution < 1.29 is 4.79 Å². The van der Waals surface area contributed by atoms with E-state index in [0.29, 0.717) is 12.6 Å². The highest BCUT2D eigenvalue weighted by Gasteiger charge is 2.28. The highest BCUT2D eigenvalue weighted by Crippen LogP contribution is 2.11. The molecule has 0 aromatic carbocycles. The van der Waals surface area contributed by atoms with Crippen molar-refractivity contribution in [1.29, 1.82) is 0 Å². The minimum absolute atomic E-state index is 0.249. The molecule has 14 heavy (non-hydrogen) atoms. The van der Waals surface area contributed by atoms with Crippen LogP contribution in [0.4, 0.5) is 0 Å². The Hall–Kier alpha value is -0.610. The molecule has 1 N–H and O–H groups in total. The molecule has 0 saturated carbocycles. The Morgan fingerprint density at radius 3 is 2.86 bits per heavy atom. The van der Waals surface area contributed by atoms with Crippen LogP contribution in [-0.2, 0) is 4.79 Å². The van der Waals surface area contributed by atoms with Crippen LogP contribution >= 0.6 is 0 Å². The topological polar surface area (TPSA) is 35.6 Å². The van der Waals surface area contributed by atoms with Gasteiger partial charge < -0.3 is 10.2 Å². The van der Waals surface area contributed by atoms with Crippen LogP contribution in [0.3, 0.4) is 0 Å². The van der Waals surface area contributed by atoms with Gasteiger partial charge in [-0.2, -0.15) is 0 Å². The van der Waals surface area contributed by atoms with Gasteiger partial charge in [0.05, 0.1) is 6.54 Å². The molecule has 1 saturated heterocycles. The second-order valence-corrected chi connectivity index (χ2v) is 3.88. The molecule has 1 amide bonds. The molecule has 1 aliphatic rings. The van der Waals surface area contributed by atoms with Crippen LogP contribution in [0.2, 0.25) is 0 Å². The van der Waals surface area contributed by atoms with Crippen LogP contribution in [0.1, 0.15) is 13.3 Å². The first-order valence-corrected chi connectivity index (χ1v) is 5.31. The van der Waals surface area contributed by atoms with Crippen LogP contribution in [0.25, 0.3) is 0 Å². The summed E-state index contributed by atoms with van der Waals surface area (Å²) in [5, 5.41) is 3.13. The number of carbonyl (C=O) groups excluding carboxylic acids is 1. The van der Waals surface area contributed by atoms with E-state index < -0.39 is 0 Å². The van der Waals surface area contributed by atoms with Crippen molar-refractivity contribution >= 4 is 5.91 Å². The first-order valence-electron chi connectivity index (χ1n) is 5.31. The van der Waals surface area contributed by atoms with Crippen LogP contribution in [0, 0.1) is 0 Å². The molecule has 82 valence electrons. The molecule has 0 spiro atoms. The van der Waals surface area contributed by atoms with E-state index in [1.54, 1.807) is 0 Å². The maximum atomic E-state index is 11.6. The van der Waals surface area contributed by atoms with Gasteiger partial charge in [0.25, 0.3) is 0 Å². The number of carbonyl (C=O) groups is 1. The summed E-state index contributed by atoms with van der Waals surface area (Å²) >= 11 is 0. The van der Waals surface area contributed by atoms with Crippen molar-refractivity contribution in [1.82, 2.24) is 15.1 Å². The number of nitrogens with zero attached hydrogens (tertiary/aromatic N) is 2. The van der Waals surface area contributed by atoms with Gasteiger partial charge in [-0.15, -0.1) is 0 Å². The van der Waals surface area contributed by atoms with Gasteiger partial charge in [-0.05, 0) is 26.6 Å². The summed E-state index contributed by atoms with van der Waals surface area (Å²) in [6.45, 7) is 5.65. The molecular weight excluding hydrogens is 178 g/mol. The van der Waals surface area contributed by atoms with Gasteiger partial charge in [0.15, 0.2) is 0 Å². The van der Waals surface area contributed by atoms with Crippen molar-refractivity contribution in [2.45, 2.75) is 19.4 Å². The Labute approximate surface area is 86.2 Å². The van der Waals surface area contributed by atoms with Crippen LogP contribution in [0.5, 0.6) is 0 Å². The van der Waals surface area contributed by atoms with Gasteiger partial charge >= 0.3 is 0 Å². The second kappa shape index (κ2) is 5.32. The summed E-state index contributed by atoms with van der Waals surface area (Å²) in [7, 11) is 3.86. The number of rotatable bonds is 4. The lowest BCUT2D eigenvalue weighted by atomic mass is 10.1. The molecular formula is C10H21N3O. The molecule has 0 aliphatic carbocycles. The van der Waals surface area contributed by atoms with Gasteiger partial charge in [-0.1, -0.05) is 6.92 Å². The standard InChI is InChI=1S/C10H21N3O/c1-4-13-7-9(5-6-11-2)12(3)10(14)8-13/h9,11H,4-8H2,1-3H3. The van der Waals surface area contributed by atoms with Crippen LogP contribution in [-0.4, -0.2) is 62.0 Å². The third-order valence-electron chi connectivity index (χ3n) is 2.94. The van der Waals surface area contributed by atoms with E-state index in [9.17, 15) is 4.79 Å². The van der Waals surface area contributed by atoms with Gasteiger partial charge in [0, 0.05) is 19.6 Å². The molecule has 1 unspecified atom stereocenters. The van der Waals surface area contributed by atoms with E-state index in [1.807, 2.05) is 19.0 Å². The molecule has 0 aromatic rings. The molecule has 1 aliphatic heterocycles. The predicted molar refractivity (Wildman–Crippen MR) is 57.2 cm³/mol. The average molecular weight is 199 g/mol. The summed E-state index contributed by atoms with van der Waals surface area (Å²) in [5.41, 5.74) is 0. The quantitative estimate of drug-likeness (QED) is 0.678. The molecule has 1 heterocycles. The lowest BCUT2D eigenvalue weighted by Crippen LogP contribution is -2.55. The van der Waals surface area contributed by atoms with Crippen molar-refractivity contribution in [2.24, 2.45) is 0 Å². The van der Waals surface area contributed by atoms with Gasteiger partial charge in [-0.25, -0.2) is 0 Å². The largest absolute Gasteiger partial charge is 0.340 e. The predicted octanol–water partition coefficient (Wildman–Crippen LogP) is -0.242. The zero-order valence-electron chi connectivity index (χ0n) is 9.42. The first kappa shape index (κ1) is 11.5. The van der Waals surface area contributed by atoms with E-state index in [-0.39, 0.29) is 5.91 Å². The van der Waals surface area contributed by atoms with Gasteiger partial charge in [0.2, 0.25) is 5.91 Å². The van der Waals surface area contributed by atoms with Gasteiger partial charge in [0.1, 0.15) is 0 Å². The Morgan fingerprint density at radius 1 is 1.57 bits per heavy atom. The van der Waals surface area contributed by atoms with Crippen molar-refractivity contribution in [3.8, 4) is 0 Å². The lowest BCUT2D eigenvalue weighted by molar-refractivity contribution is -0.137. The SMILES string of the molecule is CCN1CC(=O)N(C)C(CCNC)C1. The second-order valence-electron chi connectivity index (χ2n) is 3.88. The molecule has 1 fully saturated rings. The monoisotopic (exact) mass is 199 g/mol. The third kappa shape index (κ3) is 2.69. The fourth-order valence-electron chi connectivity index (χ4n) is 1.83. The molecule has 0 aromatic heterocycles. The minimum Gasteiger partial charge on any atom is -0.340 e. The summed E-state index contributed by atoms with van der Waals surface area (Å²) in [6, 6.07) is 0.378. The Bertz CT molecular complexity index is 196. The number of hydrogen-bond acceptors (Lipinski definition) is 3. The number of hydrogen-bond donors (Lipinski definition) is 1. The third-order valence-corrected chi connectivity index (χ3v) is 2.94. The molecule has 1 atom stereocenters. The fourth-order valence-corrected chi connectivity index (χ4v) is 1.83. The zero-order chi connectivity index (χ0) is 10.6. The summed E-state index contributed by atoms with van der Waals surface area (Å²) in [5.74, 6) is 0.249. The Kier molecular flexibility index (Phi) is 4.35. The molecule has 4 nitrogen and oxygen atoms in total. The van der Waals surface area contributed by atoms with E-state index >= 15 is 0 Å². The fraction of sp³-hybridized carbons (Fsp3) is 0.900. The van der Waals surface area contributed by atoms with Crippen molar-refractivity contribution in [3.05, 3.63) is 0 Å². The number of amides is 1. The Morgan fingerprint density at radius 2 is 2.29 bits per heavy atom.